The summed E-state index contributed by atoms with van der Waals surface area (Å²) >= 11 is 1.68. The van der Waals surface area contributed by atoms with Gasteiger partial charge in [-0.15, -0.1) is 0 Å². The molecule has 0 radical (unpaired) electrons. The summed E-state index contributed by atoms with van der Waals surface area (Å²) in [6.45, 7) is 1.15. The molecule has 4 heteroatoms. The Kier molecular flexibility index (Phi) is 5.99. The van der Waals surface area contributed by atoms with E-state index in [9.17, 15) is 4.79 Å². The Morgan fingerprint density at radius 3 is 2.52 bits per heavy atom. The van der Waals surface area contributed by atoms with Gasteiger partial charge in [0.1, 0.15) is 0 Å². The van der Waals surface area contributed by atoms with Crippen LogP contribution in [0.25, 0.3) is 0 Å². The van der Waals surface area contributed by atoms with Crippen LogP contribution in [0, 0.1) is 0 Å². The standard InChI is InChI=1S/C21H22N2OS/c1-23(14-18-11-12-25-16-18)15-21(24)22-20-10-6-5-9-19(20)13-17-7-3-2-4-8-17/h2-12,16H,13-15H2,1H3,(H,22,24). The first-order valence-electron chi connectivity index (χ1n) is 8.32. The number of carbonyl (C=O) groups excluding carboxylic acids is 1. The van der Waals surface area contributed by atoms with E-state index in [1.54, 1.807) is 11.3 Å². The number of likely N-dealkylation sites (N-methyl/N-ethyl adjacent to an activating group) is 1. The fourth-order valence-corrected chi connectivity index (χ4v) is 3.46. The smallest absolute Gasteiger partial charge is 0.238 e. The first-order valence-corrected chi connectivity index (χ1v) is 9.26. The van der Waals surface area contributed by atoms with Gasteiger partial charge in [0.2, 0.25) is 5.91 Å². The van der Waals surface area contributed by atoms with Gasteiger partial charge in [0.15, 0.2) is 0 Å². The minimum Gasteiger partial charge on any atom is -0.325 e. The van der Waals surface area contributed by atoms with Crippen LogP contribution in [0.4, 0.5) is 5.69 Å². The zero-order valence-corrected chi connectivity index (χ0v) is 15.1. The first-order chi connectivity index (χ1) is 12.2. The molecule has 128 valence electrons. The number of para-hydroxylation sites is 1. The summed E-state index contributed by atoms with van der Waals surface area (Å²) < 4.78 is 0. The molecule has 0 saturated carbocycles. The summed E-state index contributed by atoms with van der Waals surface area (Å²) in [5, 5.41) is 7.24. The number of nitrogens with zero attached hydrogens (tertiary/aromatic N) is 1. The monoisotopic (exact) mass is 350 g/mol. The van der Waals surface area contributed by atoms with Crippen LogP contribution in [-0.2, 0) is 17.8 Å². The van der Waals surface area contributed by atoms with Crippen LogP contribution < -0.4 is 5.32 Å². The van der Waals surface area contributed by atoms with Crippen molar-refractivity contribution in [1.29, 1.82) is 0 Å². The number of amides is 1. The van der Waals surface area contributed by atoms with Crippen LogP contribution in [-0.4, -0.2) is 24.4 Å². The lowest BCUT2D eigenvalue weighted by molar-refractivity contribution is -0.117. The number of carbonyl (C=O) groups is 1. The van der Waals surface area contributed by atoms with E-state index < -0.39 is 0 Å². The number of hydrogen-bond donors (Lipinski definition) is 1. The van der Waals surface area contributed by atoms with Gasteiger partial charge in [-0.25, -0.2) is 0 Å². The Hall–Kier alpha value is -2.43. The van der Waals surface area contributed by atoms with Gasteiger partial charge in [-0.05, 0) is 53.1 Å². The van der Waals surface area contributed by atoms with Crippen molar-refractivity contribution in [3.05, 3.63) is 88.1 Å². The van der Waals surface area contributed by atoms with Crippen LogP contribution in [0.5, 0.6) is 0 Å². The van der Waals surface area contributed by atoms with E-state index in [4.69, 9.17) is 0 Å². The van der Waals surface area contributed by atoms with Crippen LogP contribution in [0.2, 0.25) is 0 Å². The second kappa shape index (κ2) is 8.60. The van der Waals surface area contributed by atoms with Gasteiger partial charge in [-0.3, -0.25) is 9.69 Å². The molecule has 0 bridgehead atoms. The van der Waals surface area contributed by atoms with Gasteiger partial charge in [0.05, 0.1) is 6.54 Å². The molecule has 0 aliphatic carbocycles. The highest BCUT2D eigenvalue weighted by Gasteiger charge is 2.10. The summed E-state index contributed by atoms with van der Waals surface area (Å²) in [7, 11) is 1.97. The molecule has 0 unspecified atom stereocenters. The SMILES string of the molecule is CN(CC(=O)Nc1ccccc1Cc1ccccc1)Cc1ccsc1. The summed E-state index contributed by atoms with van der Waals surface area (Å²) in [4.78, 5) is 14.4. The number of rotatable bonds is 7. The summed E-state index contributed by atoms with van der Waals surface area (Å²) in [6.07, 6.45) is 0.808. The summed E-state index contributed by atoms with van der Waals surface area (Å²) in [5.74, 6) is 0.0123. The third-order valence-corrected chi connectivity index (χ3v) is 4.71. The van der Waals surface area contributed by atoms with Crippen molar-refractivity contribution in [2.24, 2.45) is 0 Å². The van der Waals surface area contributed by atoms with E-state index >= 15 is 0 Å². The van der Waals surface area contributed by atoms with E-state index in [-0.39, 0.29) is 5.91 Å². The van der Waals surface area contributed by atoms with Crippen molar-refractivity contribution in [3.63, 3.8) is 0 Å². The third-order valence-electron chi connectivity index (χ3n) is 3.97. The molecule has 0 atom stereocenters. The normalized spacial score (nSPS) is 10.8. The van der Waals surface area contributed by atoms with Crippen LogP contribution in [0.15, 0.2) is 71.4 Å². The van der Waals surface area contributed by atoms with Crippen LogP contribution in [0.3, 0.4) is 0 Å². The first kappa shape index (κ1) is 17.4. The van der Waals surface area contributed by atoms with E-state index in [1.807, 2.05) is 48.3 Å². The van der Waals surface area contributed by atoms with Crippen molar-refractivity contribution >= 4 is 22.9 Å². The highest BCUT2D eigenvalue weighted by Crippen LogP contribution is 2.19. The predicted molar refractivity (Wildman–Crippen MR) is 105 cm³/mol. The minimum atomic E-state index is 0.0123. The quantitative estimate of drug-likeness (QED) is 0.684. The molecular formula is C21H22N2OS. The fourth-order valence-electron chi connectivity index (χ4n) is 2.80. The maximum atomic E-state index is 12.4. The molecule has 0 fully saturated rings. The van der Waals surface area contributed by atoms with E-state index in [0.29, 0.717) is 6.54 Å². The van der Waals surface area contributed by atoms with Crippen molar-refractivity contribution in [2.75, 3.05) is 18.9 Å². The number of hydrogen-bond acceptors (Lipinski definition) is 3. The maximum absolute atomic E-state index is 12.4. The Morgan fingerprint density at radius 1 is 1.00 bits per heavy atom. The maximum Gasteiger partial charge on any atom is 0.238 e. The number of thiophene rings is 1. The molecule has 1 amide bonds. The molecule has 3 rings (SSSR count). The zero-order chi connectivity index (χ0) is 17.5. The topological polar surface area (TPSA) is 32.3 Å². The lowest BCUT2D eigenvalue weighted by atomic mass is 10.0. The van der Waals surface area contributed by atoms with Gasteiger partial charge < -0.3 is 5.32 Å². The van der Waals surface area contributed by atoms with Crippen LogP contribution in [0.1, 0.15) is 16.7 Å². The molecule has 1 aromatic heterocycles. The van der Waals surface area contributed by atoms with Crippen molar-refractivity contribution in [3.8, 4) is 0 Å². The minimum absolute atomic E-state index is 0.0123. The van der Waals surface area contributed by atoms with Gasteiger partial charge in [-0.1, -0.05) is 48.5 Å². The van der Waals surface area contributed by atoms with Gasteiger partial charge in [0.25, 0.3) is 0 Å². The van der Waals surface area contributed by atoms with Crippen molar-refractivity contribution in [1.82, 2.24) is 4.90 Å². The van der Waals surface area contributed by atoms with Gasteiger partial charge in [-0.2, -0.15) is 11.3 Å². The largest absolute Gasteiger partial charge is 0.325 e. The molecule has 1 heterocycles. The van der Waals surface area contributed by atoms with Crippen molar-refractivity contribution < 1.29 is 4.79 Å². The lowest BCUT2D eigenvalue weighted by Crippen LogP contribution is -2.30. The molecule has 0 aliphatic rings. The number of benzene rings is 2. The second-order valence-electron chi connectivity index (χ2n) is 6.17. The summed E-state index contributed by atoms with van der Waals surface area (Å²) in [5.41, 5.74) is 4.49. The molecule has 0 aliphatic heterocycles. The molecule has 1 N–H and O–H groups in total. The summed E-state index contributed by atoms with van der Waals surface area (Å²) in [6, 6.07) is 20.4. The Labute approximate surface area is 152 Å². The molecule has 3 aromatic rings. The average molecular weight is 350 g/mol. The molecule has 3 nitrogen and oxygen atoms in total. The molecule has 25 heavy (non-hydrogen) atoms. The average Bonchev–Trinajstić information content (AvgIpc) is 3.10. The molecular weight excluding hydrogens is 328 g/mol. The molecule has 0 spiro atoms. The van der Waals surface area contributed by atoms with Crippen molar-refractivity contribution in [2.45, 2.75) is 13.0 Å². The van der Waals surface area contributed by atoms with Crippen LogP contribution >= 0.6 is 11.3 Å². The fraction of sp³-hybridized carbons (Fsp3) is 0.190. The van der Waals surface area contributed by atoms with Gasteiger partial charge >= 0.3 is 0 Å². The Balaban J connectivity index is 1.61. The van der Waals surface area contributed by atoms with E-state index in [2.05, 4.69) is 40.3 Å². The second-order valence-corrected chi connectivity index (χ2v) is 6.95. The Bertz CT molecular complexity index is 800. The molecule has 0 saturated heterocycles. The van der Waals surface area contributed by atoms with E-state index in [1.165, 1.54) is 11.1 Å². The Morgan fingerprint density at radius 2 is 1.76 bits per heavy atom. The lowest BCUT2D eigenvalue weighted by Gasteiger charge is -2.17. The van der Waals surface area contributed by atoms with Gasteiger partial charge in [0, 0.05) is 12.2 Å². The zero-order valence-electron chi connectivity index (χ0n) is 14.3. The number of anilines is 1. The highest BCUT2D eigenvalue weighted by molar-refractivity contribution is 7.07. The molecule has 2 aromatic carbocycles. The predicted octanol–water partition coefficient (Wildman–Crippen LogP) is 4.41. The number of nitrogens with one attached hydrogen (secondary N) is 1. The third kappa shape index (κ3) is 5.28. The highest BCUT2D eigenvalue weighted by atomic mass is 32.1. The van der Waals surface area contributed by atoms with E-state index in [0.717, 1.165) is 24.2 Å².